The molecule has 7 heteroatoms. The normalized spacial score (nSPS) is 15.3. The van der Waals surface area contributed by atoms with Crippen molar-refractivity contribution in [1.29, 1.82) is 0 Å². The predicted octanol–water partition coefficient (Wildman–Crippen LogP) is 3.00. The summed E-state index contributed by atoms with van der Waals surface area (Å²) in [7, 11) is 2.12. The van der Waals surface area contributed by atoms with Crippen LogP contribution in [0.5, 0.6) is 5.75 Å². The Labute approximate surface area is 158 Å². The lowest BCUT2D eigenvalue weighted by molar-refractivity contribution is -0.384. The van der Waals surface area contributed by atoms with E-state index in [-0.39, 0.29) is 23.3 Å². The van der Waals surface area contributed by atoms with Crippen molar-refractivity contribution in [3.8, 4) is 5.75 Å². The fourth-order valence-corrected chi connectivity index (χ4v) is 3.03. The van der Waals surface area contributed by atoms with E-state index in [4.69, 9.17) is 4.74 Å². The molecule has 0 aliphatic carbocycles. The van der Waals surface area contributed by atoms with Crippen molar-refractivity contribution < 1.29 is 14.5 Å². The van der Waals surface area contributed by atoms with Crippen LogP contribution >= 0.6 is 0 Å². The quantitative estimate of drug-likeness (QED) is 0.625. The topological polar surface area (TPSA) is 84.7 Å². The molecule has 7 nitrogen and oxygen atoms in total. The summed E-state index contributed by atoms with van der Waals surface area (Å²) >= 11 is 0. The van der Waals surface area contributed by atoms with Gasteiger partial charge >= 0.3 is 0 Å². The minimum Gasteiger partial charge on any atom is -0.490 e. The monoisotopic (exact) mass is 369 g/mol. The van der Waals surface area contributed by atoms with Gasteiger partial charge in [-0.25, -0.2) is 0 Å². The lowest BCUT2D eigenvalue weighted by Gasteiger charge is -2.29. The Morgan fingerprint density at radius 2 is 1.93 bits per heavy atom. The van der Waals surface area contributed by atoms with Crippen LogP contribution in [0.25, 0.3) is 0 Å². The predicted molar refractivity (Wildman–Crippen MR) is 102 cm³/mol. The lowest BCUT2D eigenvalue weighted by Crippen LogP contribution is -2.35. The third-order valence-corrected chi connectivity index (χ3v) is 4.66. The van der Waals surface area contributed by atoms with Crippen LogP contribution in [0.3, 0.4) is 0 Å². The second kappa shape index (κ2) is 8.64. The number of nitrogens with zero attached hydrogens (tertiary/aromatic N) is 2. The Bertz CT molecular complexity index is 799. The summed E-state index contributed by atoms with van der Waals surface area (Å²) in [5.41, 5.74) is 1.11. The molecular formula is C20H23N3O4. The maximum Gasteiger partial charge on any atom is 0.270 e. The highest BCUT2D eigenvalue weighted by atomic mass is 16.6. The molecule has 1 heterocycles. The summed E-state index contributed by atoms with van der Waals surface area (Å²) in [4.78, 5) is 24.8. The van der Waals surface area contributed by atoms with Gasteiger partial charge in [0.2, 0.25) is 0 Å². The molecule has 27 heavy (non-hydrogen) atoms. The number of hydrogen-bond donors (Lipinski definition) is 1. The highest BCUT2D eigenvalue weighted by Gasteiger charge is 2.18. The highest BCUT2D eigenvalue weighted by Crippen LogP contribution is 2.19. The van der Waals surface area contributed by atoms with Gasteiger partial charge in [-0.2, -0.15) is 0 Å². The molecule has 0 saturated carbocycles. The van der Waals surface area contributed by atoms with Crippen molar-refractivity contribution in [2.24, 2.45) is 0 Å². The number of hydrogen-bond acceptors (Lipinski definition) is 5. The van der Waals surface area contributed by atoms with E-state index in [9.17, 15) is 14.9 Å². The summed E-state index contributed by atoms with van der Waals surface area (Å²) < 4.78 is 6.01. The Morgan fingerprint density at radius 1 is 1.22 bits per heavy atom. The fraction of sp³-hybridized carbons (Fsp3) is 0.350. The van der Waals surface area contributed by atoms with Gasteiger partial charge in [-0.1, -0.05) is 18.2 Å². The van der Waals surface area contributed by atoms with Crippen LogP contribution in [0.4, 0.5) is 5.69 Å². The first-order valence-electron chi connectivity index (χ1n) is 8.98. The number of ether oxygens (including phenoxy) is 1. The number of amides is 1. The average molecular weight is 369 g/mol. The molecule has 1 amide bonds. The van der Waals surface area contributed by atoms with E-state index in [1.807, 2.05) is 24.3 Å². The average Bonchev–Trinajstić information content (AvgIpc) is 2.69. The van der Waals surface area contributed by atoms with Gasteiger partial charge in [0.15, 0.2) is 0 Å². The molecule has 1 saturated heterocycles. The molecule has 0 aromatic heterocycles. The number of carbonyl (C=O) groups is 1. The van der Waals surface area contributed by atoms with Crippen molar-refractivity contribution in [3.05, 3.63) is 69.8 Å². The van der Waals surface area contributed by atoms with E-state index < -0.39 is 4.92 Å². The van der Waals surface area contributed by atoms with E-state index in [0.717, 1.165) is 37.2 Å². The number of likely N-dealkylation sites (tertiary alicyclic amines) is 1. The molecule has 2 aromatic carbocycles. The van der Waals surface area contributed by atoms with Crippen LogP contribution in [0.1, 0.15) is 28.8 Å². The maximum atomic E-state index is 12.2. The lowest BCUT2D eigenvalue weighted by atomic mass is 10.1. The van der Waals surface area contributed by atoms with Gasteiger partial charge in [0.1, 0.15) is 11.9 Å². The van der Waals surface area contributed by atoms with Crippen molar-refractivity contribution in [2.45, 2.75) is 25.5 Å². The molecule has 0 radical (unpaired) electrons. The van der Waals surface area contributed by atoms with Crippen LogP contribution < -0.4 is 10.1 Å². The van der Waals surface area contributed by atoms with Gasteiger partial charge in [-0.3, -0.25) is 14.9 Å². The number of nitro groups is 1. The minimum absolute atomic E-state index is 0.0990. The number of rotatable bonds is 6. The number of nitro benzene ring substituents is 1. The van der Waals surface area contributed by atoms with Crippen LogP contribution in [0.15, 0.2) is 48.5 Å². The first-order chi connectivity index (χ1) is 13.0. The van der Waals surface area contributed by atoms with Crippen LogP contribution in [0.2, 0.25) is 0 Å². The molecule has 1 fully saturated rings. The van der Waals surface area contributed by atoms with Crippen molar-refractivity contribution in [3.63, 3.8) is 0 Å². The SMILES string of the molecule is CN1CCC(Oc2ccc(CNC(=O)c3cccc([N+](=O)[O-])c3)cc2)CC1. The zero-order chi connectivity index (χ0) is 19.2. The van der Waals surface area contributed by atoms with Gasteiger partial charge in [-0.15, -0.1) is 0 Å². The molecule has 1 N–H and O–H groups in total. The van der Waals surface area contributed by atoms with Gasteiger partial charge < -0.3 is 15.0 Å². The van der Waals surface area contributed by atoms with E-state index in [2.05, 4.69) is 17.3 Å². The number of nitrogens with one attached hydrogen (secondary N) is 1. The third kappa shape index (κ3) is 5.27. The molecule has 0 spiro atoms. The van der Waals surface area contributed by atoms with E-state index >= 15 is 0 Å². The molecule has 0 bridgehead atoms. The standard InChI is InChI=1S/C20H23N3O4/c1-22-11-9-19(10-12-22)27-18-7-5-15(6-8-18)14-21-20(24)16-3-2-4-17(13-16)23(25)26/h2-8,13,19H,9-12,14H2,1H3,(H,21,24). The van der Waals surface area contributed by atoms with Crippen molar-refractivity contribution >= 4 is 11.6 Å². The second-order valence-electron chi connectivity index (χ2n) is 6.75. The highest BCUT2D eigenvalue weighted by molar-refractivity contribution is 5.94. The molecule has 0 unspecified atom stereocenters. The smallest absolute Gasteiger partial charge is 0.270 e. The first kappa shape index (κ1) is 18.8. The number of non-ortho nitro benzene ring substituents is 1. The Hall–Kier alpha value is -2.93. The van der Waals surface area contributed by atoms with Gasteiger partial charge in [0, 0.05) is 37.3 Å². The van der Waals surface area contributed by atoms with Gasteiger partial charge in [0.25, 0.3) is 11.6 Å². The second-order valence-corrected chi connectivity index (χ2v) is 6.75. The number of carbonyl (C=O) groups excluding carboxylic acids is 1. The van der Waals surface area contributed by atoms with Crippen LogP contribution in [-0.2, 0) is 6.54 Å². The molecule has 2 aromatic rings. The molecule has 3 rings (SSSR count). The summed E-state index contributed by atoms with van der Waals surface area (Å²) in [6.07, 6.45) is 2.30. The Kier molecular flexibility index (Phi) is 6.03. The van der Waals surface area contributed by atoms with Gasteiger partial charge in [0.05, 0.1) is 4.92 Å². The van der Waals surface area contributed by atoms with Crippen LogP contribution in [-0.4, -0.2) is 42.0 Å². The van der Waals surface area contributed by atoms with Crippen LogP contribution in [0, 0.1) is 10.1 Å². The first-order valence-corrected chi connectivity index (χ1v) is 8.98. The zero-order valence-electron chi connectivity index (χ0n) is 15.3. The van der Waals surface area contributed by atoms with E-state index in [1.165, 1.54) is 18.2 Å². The van der Waals surface area contributed by atoms with Crippen molar-refractivity contribution in [1.82, 2.24) is 10.2 Å². The molecule has 1 aliphatic rings. The maximum absolute atomic E-state index is 12.2. The minimum atomic E-state index is -0.514. The third-order valence-electron chi connectivity index (χ3n) is 4.66. The Morgan fingerprint density at radius 3 is 2.59 bits per heavy atom. The summed E-state index contributed by atoms with van der Waals surface area (Å²) in [5.74, 6) is 0.490. The summed E-state index contributed by atoms with van der Waals surface area (Å²) in [6, 6.07) is 13.3. The molecule has 142 valence electrons. The number of benzene rings is 2. The summed E-state index contributed by atoms with van der Waals surface area (Å²) in [5, 5.41) is 13.6. The zero-order valence-corrected chi connectivity index (χ0v) is 15.3. The van der Waals surface area contributed by atoms with E-state index in [0.29, 0.717) is 6.54 Å². The summed E-state index contributed by atoms with van der Waals surface area (Å²) in [6.45, 7) is 2.44. The van der Waals surface area contributed by atoms with Crippen molar-refractivity contribution in [2.75, 3.05) is 20.1 Å². The largest absolute Gasteiger partial charge is 0.490 e. The van der Waals surface area contributed by atoms with Gasteiger partial charge in [-0.05, 0) is 43.7 Å². The molecule has 0 atom stereocenters. The molecular weight excluding hydrogens is 346 g/mol. The fourth-order valence-electron chi connectivity index (χ4n) is 3.03. The molecule has 1 aliphatic heterocycles. The van der Waals surface area contributed by atoms with E-state index in [1.54, 1.807) is 6.07 Å². The Balaban J connectivity index is 1.52. The number of piperidine rings is 1.